The lowest BCUT2D eigenvalue weighted by Crippen LogP contribution is -2.26. The summed E-state index contributed by atoms with van der Waals surface area (Å²) >= 11 is 6.05. The Kier molecular flexibility index (Phi) is 6.55. The van der Waals surface area contributed by atoms with Gasteiger partial charge in [-0.3, -0.25) is 19.7 Å². The van der Waals surface area contributed by atoms with Gasteiger partial charge in [0.1, 0.15) is 12.4 Å². The minimum absolute atomic E-state index is 0.0291. The number of carbonyl (C=O) groups excluding carboxylic acids is 2. The van der Waals surface area contributed by atoms with Crippen molar-refractivity contribution in [2.45, 2.75) is 13.0 Å². The Balaban J connectivity index is 1.34. The number of ether oxygens (including phenoxy) is 2. The molecule has 1 saturated heterocycles. The SMILES string of the molecule is O=C(OCc1ccc(Oc2c(Cl)cccc2[N+](=O)[O-])cc1)[C@@H]1CC(=O)N(c2ccccc2)C1. The van der Waals surface area contributed by atoms with Crippen LogP contribution in [0.15, 0.2) is 72.8 Å². The van der Waals surface area contributed by atoms with Crippen LogP contribution in [0.2, 0.25) is 5.02 Å². The van der Waals surface area contributed by atoms with E-state index in [4.69, 9.17) is 21.1 Å². The van der Waals surface area contributed by atoms with E-state index in [1.54, 1.807) is 29.2 Å². The predicted molar refractivity (Wildman–Crippen MR) is 121 cm³/mol. The summed E-state index contributed by atoms with van der Waals surface area (Å²) in [7, 11) is 0. The first kappa shape index (κ1) is 22.3. The number of anilines is 1. The molecular formula is C24H19ClN2O6. The molecule has 1 heterocycles. The molecule has 0 spiro atoms. The summed E-state index contributed by atoms with van der Waals surface area (Å²) in [5, 5.41) is 11.3. The molecule has 4 rings (SSSR count). The highest BCUT2D eigenvalue weighted by molar-refractivity contribution is 6.32. The number of hydrogen-bond donors (Lipinski definition) is 0. The number of rotatable bonds is 7. The molecule has 3 aromatic rings. The van der Waals surface area contributed by atoms with Gasteiger partial charge in [-0.2, -0.15) is 0 Å². The fourth-order valence-corrected chi connectivity index (χ4v) is 3.72. The van der Waals surface area contributed by atoms with Crippen LogP contribution in [0.25, 0.3) is 0 Å². The number of nitrogens with zero attached hydrogens (tertiary/aromatic N) is 2. The van der Waals surface area contributed by atoms with E-state index in [-0.39, 0.29) is 41.9 Å². The molecule has 0 radical (unpaired) electrons. The van der Waals surface area contributed by atoms with Crippen molar-refractivity contribution in [3.63, 3.8) is 0 Å². The number of nitro groups is 1. The minimum atomic E-state index is -0.568. The molecule has 33 heavy (non-hydrogen) atoms. The number of carbonyl (C=O) groups is 2. The molecule has 0 unspecified atom stereocenters. The third kappa shape index (κ3) is 5.12. The molecule has 0 aromatic heterocycles. The van der Waals surface area contributed by atoms with E-state index < -0.39 is 16.8 Å². The average molecular weight is 467 g/mol. The van der Waals surface area contributed by atoms with Gasteiger partial charge in [0.15, 0.2) is 0 Å². The standard InChI is InChI=1S/C24H19ClN2O6/c25-20-7-4-8-21(27(30)31)23(20)33-19-11-9-16(10-12-19)15-32-24(29)17-13-22(28)26(14-17)18-5-2-1-3-6-18/h1-12,17H,13-15H2/t17-/m1/s1. The second kappa shape index (κ2) is 9.70. The highest BCUT2D eigenvalue weighted by atomic mass is 35.5. The summed E-state index contributed by atoms with van der Waals surface area (Å²) in [6.07, 6.45) is 0.108. The van der Waals surface area contributed by atoms with E-state index in [1.807, 2.05) is 30.3 Å². The van der Waals surface area contributed by atoms with Crippen molar-refractivity contribution >= 4 is 34.9 Å². The Labute approximate surface area is 194 Å². The van der Waals surface area contributed by atoms with Crippen LogP contribution in [-0.4, -0.2) is 23.3 Å². The first-order chi connectivity index (χ1) is 15.9. The number of para-hydroxylation sites is 2. The molecule has 168 valence electrons. The molecule has 1 aliphatic rings. The van der Waals surface area contributed by atoms with Gasteiger partial charge in [0.05, 0.1) is 15.9 Å². The monoisotopic (exact) mass is 466 g/mol. The van der Waals surface area contributed by atoms with Gasteiger partial charge in [-0.15, -0.1) is 0 Å². The molecular weight excluding hydrogens is 448 g/mol. The smallest absolute Gasteiger partial charge is 0.313 e. The maximum atomic E-state index is 12.5. The van der Waals surface area contributed by atoms with E-state index in [0.29, 0.717) is 11.3 Å². The van der Waals surface area contributed by atoms with Crippen molar-refractivity contribution in [3.8, 4) is 11.5 Å². The van der Waals surface area contributed by atoms with Crippen LogP contribution in [0, 0.1) is 16.0 Å². The topological polar surface area (TPSA) is 99.0 Å². The average Bonchev–Trinajstić information content (AvgIpc) is 3.22. The van der Waals surface area contributed by atoms with Gasteiger partial charge in [-0.1, -0.05) is 48.0 Å². The number of amides is 1. The van der Waals surface area contributed by atoms with Gasteiger partial charge in [0.25, 0.3) is 0 Å². The Morgan fingerprint density at radius 1 is 1.06 bits per heavy atom. The summed E-state index contributed by atoms with van der Waals surface area (Å²) in [6, 6.07) is 20.0. The van der Waals surface area contributed by atoms with Gasteiger partial charge in [-0.05, 0) is 35.9 Å². The quantitative estimate of drug-likeness (QED) is 0.271. The highest BCUT2D eigenvalue weighted by Crippen LogP contribution is 2.37. The van der Waals surface area contributed by atoms with Crippen LogP contribution in [0.1, 0.15) is 12.0 Å². The van der Waals surface area contributed by atoms with E-state index >= 15 is 0 Å². The summed E-state index contributed by atoms with van der Waals surface area (Å²) in [4.78, 5) is 37.0. The maximum Gasteiger partial charge on any atom is 0.313 e. The Morgan fingerprint density at radius 2 is 1.79 bits per heavy atom. The van der Waals surface area contributed by atoms with Crippen molar-refractivity contribution in [2.24, 2.45) is 5.92 Å². The molecule has 8 nitrogen and oxygen atoms in total. The van der Waals surface area contributed by atoms with Gasteiger partial charge in [0.2, 0.25) is 11.7 Å². The molecule has 0 aliphatic carbocycles. The lowest BCUT2D eigenvalue weighted by Gasteiger charge is -2.16. The van der Waals surface area contributed by atoms with E-state index in [0.717, 1.165) is 5.69 Å². The maximum absolute atomic E-state index is 12.5. The first-order valence-electron chi connectivity index (χ1n) is 10.1. The molecule has 0 N–H and O–H groups in total. The number of nitro benzene ring substituents is 1. The van der Waals surface area contributed by atoms with E-state index in [9.17, 15) is 19.7 Å². The van der Waals surface area contributed by atoms with Crippen LogP contribution in [-0.2, 0) is 20.9 Å². The highest BCUT2D eigenvalue weighted by Gasteiger charge is 2.36. The van der Waals surface area contributed by atoms with Crippen molar-refractivity contribution in [1.29, 1.82) is 0 Å². The Bertz CT molecular complexity index is 1180. The molecule has 1 atom stereocenters. The number of halogens is 1. The molecule has 1 fully saturated rings. The zero-order valence-corrected chi connectivity index (χ0v) is 18.1. The molecule has 3 aromatic carbocycles. The van der Waals surface area contributed by atoms with Crippen LogP contribution in [0.5, 0.6) is 11.5 Å². The third-order valence-corrected chi connectivity index (χ3v) is 5.49. The predicted octanol–water partition coefficient (Wildman–Crippen LogP) is 5.14. The van der Waals surface area contributed by atoms with Gasteiger partial charge in [-0.25, -0.2) is 0 Å². The lowest BCUT2D eigenvalue weighted by molar-refractivity contribution is -0.385. The molecule has 0 saturated carbocycles. The van der Waals surface area contributed by atoms with Gasteiger partial charge in [0, 0.05) is 24.7 Å². The number of hydrogen-bond acceptors (Lipinski definition) is 6. The fourth-order valence-electron chi connectivity index (χ4n) is 3.51. The summed E-state index contributed by atoms with van der Waals surface area (Å²) in [6.45, 7) is 0.312. The zero-order chi connectivity index (χ0) is 23.4. The second-order valence-electron chi connectivity index (χ2n) is 7.44. The third-order valence-electron chi connectivity index (χ3n) is 5.19. The first-order valence-corrected chi connectivity index (χ1v) is 10.5. The molecule has 1 aliphatic heterocycles. The van der Waals surface area contributed by atoms with Crippen molar-refractivity contribution in [3.05, 3.63) is 93.5 Å². The van der Waals surface area contributed by atoms with Gasteiger partial charge >= 0.3 is 11.7 Å². The second-order valence-corrected chi connectivity index (χ2v) is 7.85. The Morgan fingerprint density at radius 3 is 2.48 bits per heavy atom. The molecule has 9 heteroatoms. The number of esters is 1. The van der Waals surface area contributed by atoms with Crippen LogP contribution in [0.3, 0.4) is 0 Å². The molecule has 1 amide bonds. The van der Waals surface area contributed by atoms with Crippen molar-refractivity contribution < 1.29 is 24.0 Å². The zero-order valence-electron chi connectivity index (χ0n) is 17.3. The summed E-state index contributed by atoms with van der Waals surface area (Å²) in [5.74, 6) is -0.772. The van der Waals surface area contributed by atoms with E-state index in [1.165, 1.54) is 18.2 Å². The van der Waals surface area contributed by atoms with Crippen LogP contribution >= 0.6 is 11.6 Å². The largest absolute Gasteiger partial charge is 0.461 e. The summed E-state index contributed by atoms with van der Waals surface area (Å²) < 4.78 is 11.0. The summed E-state index contributed by atoms with van der Waals surface area (Å²) in [5.41, 5.74) is 1.22. The number of benzene rings is 3. The lowest BCUT2D eigenvalue weighted by atomic mass is 10.1. The van der Waals surface area contributed by atoms with Crippen molar-refractivity contribution in [2.75, 3.05) is 11.4 Å². The minimum Gasteiger partial charge on any atom is -0.461 e. The van der Waals surface area contributed by atoms with Crippen LogP contribution in [0.4, 0.5) is 11.4 Å². The fraction of sp³-hybridized carbons (Fsp3) is 0.167. The van der Waals surface area contributed by atoms with Crippen molar-refractivity contribution in [1.82, 2.24) is 0 Å². The molecule has 0 bridgehead atoms. The van der Waals surface area contributed by atoms with Crippen LogP contribution < -0.4 is 9.64 Å². The van der Waals surface area contributed by atoms with E-state index in [2.05, 4.69) is 0 Å². The Hall–Kier alpha value is -3.91. The normalized spacial score (nSPS) is 15.4. The van der Waals surface area contributed by atoms with Gasteiger partial charge < -0.3 is 14.4 Å².